The van der Waals surface area contributed by atoms with Crippen molar-refractivity contribution >= 4 is 39.6 Å². The van der Waals surface area contributed by atoms with Crippen LogP contribution in [0.3, 0.4) is 0 Å². The zero-order chi connectivity index (χ0) is 14.4. The Bertz CT molecular complexity index is 484. The van der Waals surface area contributed by atoms with Gasteiger partial charge in [-0.15, -0.1) is 0 Å². The van der Waals surface area contributed by atoms with E-state index in [9.17, 15) is 14.0 Å². The van der Waals surface area contributed by atoms with Crippen molar-refractivity contribution in [3.63, 3.8) is 0 Å². The molecule has 0 aliphatic heterocycles. The van der Waals surface area contributed by atoms with Crippen LogP contribution < -0.4 is 5.32 Å². The quantitative estimate of drug-likeness (QED) is 0.827. The molecule has 0 aliphatic carbocycles. The molecule has 4 nitrogen and oxygen atoms in total. The molecule has 0 saturated carbocycles. The third kappa shape index (κ3) is 5.61. The number of benzene rings is 1. The van der Waals surface area contributed by atoms with Crippen molar-refractivity contribution in [2.45, 2.75) is 18.7 Å². The van der Waals surface area contributed by atoms with Crippen LogP contribution >= 0.6 is 27.7 Å². The highest BCUT2D eigenvalue weighted by atomic mass is 79.9. The fourth-order valence-electron chi connectivity index (χ4n) is 1.36. The number of carbonyl (C=O) groups excluding carboxylic acids is 1. The van der Waals surface area contributed by atoms with Crippen molar-refractivity contribution in [2.24, 2.45) is 0 Å². The van der Waals surface area contributed by atoms with E-state index in [4.69, 9.17) is 5.11 Å². The van der Waals surface area contributed by atoms with Crippen LogP contribution in [0, 0.1) is 5.82 Å². The third-order valence-electron chi connectivity index (χ3n) is 2.23. The van der Waals surface area contributed by atoms with Crippen LogP contribution in [-0.2, 0) is 15.3 Å². The molecule has 1 amide bonds. The van der Waals surface area contributed by atoms with Crippen LogP contribution in [0.5, 0.6) is 0 Å². The number of halogens is 2. The van der Waals surface area contributed by atoms with Gasteiger partial charge in [0.15, 0.2) is 0 Å². The predicted molar refractivity (Wildman–Crippen MR) is 75.5 cm³/mol. The minimum atomic E-state index is -1.10. The van der Waals surface area contributed by atoms with Gasteiger partial charge in [-0.05, 0) is 23.8 Å². The van der Waals surface area contributed by atoms with E-state index < -0.39 is 17.9 Å². The van der Waals surface area contributed by atoms with Crippen LogP contribution in [-0.4, -0.2) is 28.8 Å². The average molecular weight is 350 g/mol. The molecule has 0 saturated heterocycles. The molecule has 1 rings (SSSR count). The largest absolute Gasteiger partial charge is 0.480 e. The average Bonchev–Trinajstić information content (AvgIpc) is 2.31. The standard InChI is InChI=1S/C12H13BrFNO3S/c1-7(16)15-11(12(17)18)6-19-5-8-4-9(13)2-3-10(8)14/h2-4,11H,5-6H2,1H3,(H,15,16)(H,17,18). The van der Waals surface area contributed by atoms with E-state index in [1.54, 1.807) is 12.1 Å². The van der Waals surface area contributed by atoms with Crippen LogP contribution in [0.15, 0.2) is 22.7 Å². The Morgan fingerprint density at radius 3 is 2.79 bits per heavy atom. The monoisotopic (exact) mass is 349 g/mol. The van der Waals surface area contributed by atoms with Crippen molar-refractivity contribution in [1.82, 2.24) is 5.32 Å². The fraction of sp³-hybridized carbons (Fsp3) is 0.333. The third-order valence-corrected chi connectivity index (χ3v) is 3.80. The molecule has 0 aliphatic rings. The highest BCUT2D eigenvalue weighted by Gasteiger charge is 2.18. The Labute approximate surface area is 122 Å². The van der Waals surface area contributed by atoms with E-state index in [0.29, 0.717) is 11.3 Å². The zero-order valence-corrected chi connectivity index (χ0v) is 12.6. The molecule has 0 fully saturated rings. The van der Waals surface area contributed by atoms with Crippen LogP contribution in [0.25, 0.3) is 0 Å². The number of hydrogen-bond acceptors (Lipinski definition) is 3. The first-order valence-electron chi connectivity index (χ1n) is 5.41. The van der Waals surface area contributed by atoms with Crippen molar-refractivity contribution in [2.75, 3.05) is 5.75 Å². The number of amides is 1. The molecule has 1 unspecified atom stereocenters. The second-order valence-electron chi connectivity index (χ2n) is 3.84. The van der Waals surface area contributed by atoms with Gasteiger partial charge in [-0.2, -0.15) is 11.8 Å². The molecule has 104 valence electrons. The lowest BCUT2D eigenvalue weighted by Gasteiger charge is -2.12. The van der Waals surface area contributed by atoms with Gasteiger partial charge in [-0.1, -0.05) is 15.9 Å². The molecule has 19 heavy (non-hydrogen) atoms. The SMILES string of the molecule is CC(=O)NC(CSCc1cc(Br)ccc1F)C(=O)O. The molecule has 1 aromatic rings. The number of hydrogen-bond donors (Lipinski definition) is 2. The van der Waals surface area contributed by atoms with Crippen LogP contribution in [0.2, 0.25) is 0 Å². The topological polar surface area (TPSA) is 66.4 Å². The van der Waals surface area contributed by atoms with Crippen molar-refractivity contribution in [1.29, 1.82) is 0 Å². The molecule has 0 bridgehead atoms. The summed E-state index contributed by atoms with van der Waals surface area (Å²) in [6, 6.07) is 3.64. The first kappa shape index (κ1) is 16.0. The Kier molecular flexibility index (Phi) is 6.30. The van der Waals surface area contributed by atoms with Crippen molar-refractivity contribution < 1.29 is 19.1 Å². The molecule has 2 N–H and O–H groups in total. The second kappa shape index (κ2) is 7.49. The first-order chi connectivity index (χ1) is 8.90. The van der Waals surface area contributed by atoms with E-state index in [-0.39, 0.29) is 11.6 Å². The summed E-state index contributed by atoms with van der Waals surface area (Å²) in [6.07, 6.45) is 0. The first-order valence-corrected chi connectivity index (χ1v) is 7.36. The molecule has 0 aromatic heterocycles. The summed E-state index contributed by atoms with van der Waals surface area (Å²) >= 11 is 4.50. The van der Waals surface area contributed by atoms with Gasteiger partial charge in [0.05, 0.1) is 0 Å². The zero-order valence-electron chi connectivity index (χ0n) is 10.2. The number of thioether (sulfide) groups is 1. The lowest BCUT2D eigenvalue weighted by atomic mass is 10.2. The van der Waals surface area contributed by atoms with Gasteiger partial charge in [-0.3, -0.25) is 4.79 Å². The summed E-state index contributed by atoms with van der Waals surface area (Å²) in [5, 5.41) is 11.2. The van der Waals surface area contributed by atoms with Crippen LogP contribution in [0.4, 0.5) is 4.39 Å². The van der Waals surface area contributed by atoms with E-state index >= 15 is 0 Å². The summed E-state index contributed by atoms with van der Waals surface area (Å²) in [4.78, 5) is 21.7. The number of carbonyl (C=O) groups is 2. The second-order valence-corrected chi connectivity index (χ2v) is 5.79. The Balaban J connectivity index is 2.54. The van der Waals surface area contributed by atoms with Crippen molar-refractivity contribution in [3.05, 3.63) is 34.1 Å². The summed E-state index contributed by atoms with van der Waals surface area (Å²) in [7, 11) is 0. The Morgan fingerprint density at radius 2 is 2.21 bits per heavy atom. The number of carboxylic acid groups (broad SMARTS) is 1. The predicted octanol–water partition coefficient (Wildman–Crippen LogP) is 2.41. The minimum Gasteiger partial charge on any atom is -0.480 e. The van der Waals surface area contributed by atoms with Gasteiger partial charge in [0.25, 0.3) is 0 Å². The lowest BCUT2D eigenvalue weighted by Crippen LogP contribution is -2.41. The summed E-state index contributed by atoms with van der Waals surface area (Å²) in [6.45, 7) is 1.26. The van der Waals surface area contributed by atoms with Gasteiger partial charge in [0.2, 0.25) is 5.91 Å². The van der Waals surface area contributed by atoms with Gasteiger partial charge < -0.3 is 10.4 Å². The van der Waals surface area contributed by atoms with Gasteiger partial charge >= 0.3 is 5.97 Å². The number of carboxylic acids is 1. The molecular weight excluding hydrogens is 337 g/mol. The van der Waals surface area contributed by atoms with E-state index in [1.165, 1.54) is 24.8 Å². The molecule has 7 heteroatoms. The van der Waals surface area contributed by atoms with E-state index in [0.717, 1.165) is 4.47 Å². The number of aliphatic carboxylic acids is 1. The smallest absolute Gasteiger partial charge is 0.327 e. The fourth-order valence-corrected chi connectivity index (χ4v) is 2.79. The normalized spacial score (nSPS) is 11.9. The van der Waals surface area contributed by atoms with Gasteiger partial charge in [0, 0.05) is 22.9 Å². The lowest BCUT2D eigenvalue weighted by molar-refractivity contribution is -0.140. The summed E-state index contributed by atoms with van der Waals surface area (Å²) in [5.41, 5.74) is 0.492. The summed E-state index contributed by atoms with van der Waals surface area (Å²) < 4.78 is 14.2. The van der Waals surface area contributed by atoms with E-state index in [1.807, 2.05) is 0 Å². The van der Waals surface area contributed by atoms with Gasteiger partial charge in [-0.25, -0.2) is 9.18 Å². The molecular formula is C12H13BrFNO3S. The molecule has 0 heterocycles. The minimum absolute atomic E-state index is 0.181. The number of rotatable bonds is 6. The maximum absolute atomic E-state index is 13.4. The Morgan fingerprint density at radius 1 is 1.53 bits per heavy atom. The molecule has 0 radical (unpaired) electrons. The highest BCUT2D eigenvalue weighted by molar-refractivity contribution is 9.10. The Hall–Kier alpha value is -1.08. The summed E-state index contributed by atoms with van der Waals surface area (Å²) in [5.74, 6) is -1.31. The molecule has 0 spiro atoms. The van der Waals surface area contributed by atoms with E-state index in [2.05, 4.69) is 21.2 Å². The molecule has 1 atom stereocenters. The maximum Gasteiger partial charge on any atom is 0.327 e. The maximum atomic E-state index is 13.4. The van der Waals surface area contributed by atoms with Gasteiger partial charge in [0.1, 0.15) is 11.9 Å². The molecule has 1 aromatic carbocycles. The highest BCUT2D eigenvalue weighted by Crippen LogP contribution is 2.20. The van der Waals surface area contributed by atoms with Crippen LogP contribution in [0.1, 0.15) is 12.5 Å². The van der Waals surface area contributed by atoms with Crippen molar-refractivity contribution in [3.8, 4) is 0 Å². The number of nitrogens with one attached hydrogen (secondary N) is 1.